The molecule has 1 unspecified atom stereocenters. The monoisotopic (exact) mass is 316 g/mol. The number of carbonyl (C=O) groups excluding carboxylic acids is 1. The Labute approximate surface area is 136 Å². The van der Waals surface area contributed by atoms with Crippen LogP contribution < -0.4 is 5.32 Å². The van der Waals surface area contributed by atoms with Gasteiger partial charge in [0.15, 0.2) is 5.54 Å². The van der Waals surface area contributed by atoms with E-state index in [2.05, 4.69) is 33.5 Å². The minimum Gasteiger partial charge on any atom is -0.357 e. The van der Waals surface area contributed by atoms with Gasteiger partial charge in [0, 0.05) is 50.8 Å². The molecule has 1 atom stereocenters. The van der Waals surface area contributed by atoms with Gasteiger partial charge in [-0.25, -0.2) is 0 Å². The van der Waals surface area contributed by atoms with Gasteiger partial charge in [0.25, 0.3) is 0 Å². The number of rotatable bonds is 5. The minimum atomic E-state index is -0.628. The number of likely N-dealkylation sites (tertiary alicyclic amines) is 1. The standard InChI is InChI=1S/C16H24N6O/c1-3-21-12-14(10-19-21)11-20-8-4-6-16(13-20,15(23)17-2)22-9-5-7-18-22/h5,7,9-10,12H,3-4,6,8,11,13H2,1-2H3,(H,17,23). The molecule has 1 fully saturated rings. The molecule has 7 nitrogen and oxygen atoms in total. The van der Waals surface area contributed by atoms with E-state index in [0.29, 0.717) is 6.54 Å². The molecule has 2 aromatic heterocycles. The van der Waals surface area contributed by atoms with Gasteiger partial charge in [0.2, 0.25) is 5.91 Å². The molecule has 1 saturated heterocycles. The number of piperidine rings is 1. The van der Waals surface area contributed by atoms with Gasteiger partial charge >= 0.3 is 0 Å². The highest BCUT2D eigenvalue weighted by molar-refractivity contribution is 5.84. The Kier molecular flexibility index (Phi) is 4.47. The van der Waals surface area contributed by atoms with E-state index < -0.39 is 5.54 Å². The second kappa shape index (κ2) is 6.54. The van der Waals surface area contributed by atoms with E-state index in [4.69, 9.17) is 0 Å². The van der Waals surface area contributed by atoms with E-state index in [1.54, 1.807) is 13.2 Å². The van der Waals surface area contributed by atoms with Crippen LogP contribution in [0.5, 0.6) is 0 Å². The van der Waals surface area contributed by atoms with Crippen molar-refractivity contribution < 1.29 is 4.79 Å². The second-order valence-corrected chi connectivity index (χ2v) is 6.08. The number of nitrogens with one attached hydrogen (secondary N) is 1. The van der Waals surface area contributed by atoms with Gasteiger partial charge < -0.3 is 5.32 Å². The van der Waals surface area contributed by atoms with Crippen LogP contribution in [-0.2, 0) is 23.4 Å². The van der Waals surface area contributed by atoms with Crippen molar-refractivity contribution in [1.29, 1.82) is 0 Å². The summed E-state index contributed by atoms with van der Waals surface area (Å²) in [6, 6.07) is 1.87. The van der Waals surface area contributed by atoms with Crippen molar-refractivity contribution in [3.8, 4) is 0 Å². The van der Waals surface area contributed by atoms with Gasteiger partial charge in [0.1, 0.15) is 0 Å². The fraction of sp³-hybridized carbons (Fsp3) is 0.562. The number of likely N-dealkylation sites (N-methyl/N-ethyl adjacent to an activating group) is 1. The van der Waals surface area contributed by atoms with E-state index in [0.717, 1.165) is 32.5 Å². The molecular weight excluding hydrogens is 292 g/mol. The summed E-state index contributed by atoms with van der Waals surface area (Å²) in [4.78, 5) is 14.9. The number of carbonyl (C=O) groups is 1. The molecule has 1 amide bonds. The van der Waals surface area contributed by atoms with Crippen molar-refractivity contribution in [1.82, 2.24) is 29.8 Å². The van der Waals surface area contributed by atoms with E-state index >= 15 is 0 Å². The van der Waals surface area contributed by atoms with Crippen LogP contribution >= 0.6 is 0 Å². The Balaban J connectivity index is 1.80. The number of aryl methyl sites for hydroxylation is 1. The number of aromatic nitrogens is 4. The maximum Gasteiger partial charge on any atom is 0.249 e. The smallest absolute Gasteiger partial charge is 0.249 e. The van der Waals surface area contributed by atoms with Crippen LogP contribution in [0.2, 0.25) is 0 Å². The maximum absolute atomic E-state index is 12.6. The first-order valence-corrected chi connectivity index (χ1v) is 8.14. The van der Waals surface area contributed by atoms with Crippen molar-refractivity contribution in [2.75, 3.05) is 20.1 Å². The molecule has 0 saturated carbocycles. The summed E-state index contributed by atoms with van der Waals surface area (Å²) < 4.78 is 3.74. The Bertz CT molecular complexity index is 649. The highest BCUT2D eigenvalue weighted by atomic mass is 16.2. The number of hydrogen-bond acceptors (Lipinski definition) is 4. The van der Waals surface area contributed by atoms with Gasteiger partial charge in [0.05, 0.1) is 6.20 Å². The quantitative estimate of drug-likeness (QED) is 0.887. The number of nitrogens with zero attached hydrogens (tertiary/aromatic N) is 5. The van der Waals surface area contributed by atoms with E-state index in [-0.39, 0.29) is 5.91 Å². The molecule has 124 valence electrons. The molecule has 7 heteroatoms. The molecule has 0 aromatic carbocycles. The summed E-state index contributed by atoms with van der Waals surface area (Å²) in [6.45, 7) is 5.39. The van der Waals surface area contributed by atoms with Gasteiger partial charge in [-0.15, -0.1) is 0 Å². The molecule has 0 aliphatic carbocycles. The third kappa shape index (κ3) is 3.01. The maximum atomic E-state index is 12.6. The zero-order valence-corrected chi connectivity index (χ0v) is 13.8. The Hall–Kier alpha value is -2.15. The van der Waals surface area contributed by atoms with E-state index in [9.17, 15) is 4.79 Å². The predicted octanol–water partition coefficient (Wildman–Crippen LogP) is 0.837. The average Bonchev–Trinajstić information content (AvgIpc) is 3.26. The highest BCUT2D eigenvalue weighted by Crippen LogP contribution is 2.29. The molecule has 3 heterocycles. The summed E-state index contributed by atoms with van der Waals surface area (Å²) in [6.07, 6.45) is 9.37. The largest absolute Gasteiger partial charge is 0.357 e. The molecule has 2 aromatic rings. The van der Waals surface area contributed by atoms with Gasteiger partial charge in [-0.2, -0.15) is 10.2 Å². The second-order valence-electron chi connectivity index (χ2n) is 6.08. The van der Waals surface area contributed by atoms with E-state index in [1.807, 2.05) is 27.8 Å². The van der Waals surface area contributed by atoms with Gasteiger partial charge in [-0.05, 0) is 32.4 Å². The molecule has 0 spiro atoms. The molecule has 0 radical (unpaired) electrons. The zero-order chi connectivity index (χ0) is 16.3. The topological polar surface area (TPSA) is 68.0 Å². The molecule has 23 heavy (non-hydrogen) atoms. The average molecular weight is 316 g/mol. The molecular formula is C16H24N6O. The molecule has 3 rings (SSSR count). The van der Waals surface area contributed by atoms with Crippen molar-refractivity contribution >= 4 is 5.91 Å². The molecule has 1 N–H and O–H groups in total. The molecule has 1 aliphatic rings. The number of amides is 1. The van der Waals surface area contributed by atoms with Crippen LogP contribution in [0.4, 0.5) is 0 Å². The number of hydrogen-bond donors (Lipinski definition) is 1. The van der Waals surface area contributed by atoms with Gasteiger partial charge in [-0.3, -0.25) is 19.1 Å². The van der Waals surface area contributed by atoms with Gasteiger partial charge in [-0.1, -0.05) is 0 Å². The Morgan fingerprint density at radius 1 is 1.43 bits per heavy atom. The van der Waals surface area contributed by atoms with Crippen LogP contribution in [0.1, 0.15) is 25.3 Å². The highest BCUT2D eigenvalue weighted by Gasteiger charge is 2.44. The van der Waals surface area contributed by atoms with Crippen LogP contribution in [0.15, 0.2) is 30.9 Å². The first-order valence-electron chi connectivity index (χ1n) is 8.14. The lowest BCUT2D eigenvalue weighted by atomic mass is 9.88. The summed E-state index contributed by atoms with van der Waals surface area (Å²) >= 11 is 0. The van der Waals surface area contributed by atoms with Crippen LogP contribution in [-0.4, -0.2) is 50.5 Å². The predicted molar refractivity (Wildman–Crippen MR) is 86.7 cm³/mol. The van der Waals surface area contributed by atoms with Crippen LogP contribution in [0.3, 0.4) is 0 Å². The fourth-order valence-corrected chi connectivity index (χ4v) is 3.41. The summed E-state index contributed by atoms with van der Waals surface area (Å²) in [5, 5.41) is 11.5. The van der Waals surface area contributed by atoms with E-state index in [1.165, 1.54) is 5.56 Å². The first kappa shape index (κ1) is 15.7. The summed E-state index contributed by atoms with van der Waals surface area (Å²) in [7, 11) is 1.69. The Morgan fingerprint density at radius 2 is 2.30 bits per heavy atom. The Morgan fingerprint density at radius 3 is 2.96 bits per heavy atom. The van der Waals surface area contributed by atoms with Crippen LogP contribution in [0.25, 0.3) is 0 Å². The normalized spacial score (nSPS) is 22.2. The van der Waals surface area contributed by atoms with Crippen molar-refractivity contribution in [2.45, 2.75) is 38.4 Å². The third-order valence-corrected chi connectivity index (χ3v) is 4.56. The molecule has 1 aliphatic heterocycles. The summed E-state index contributed by atoms with van der Waals surface area (Å²) in [5.74, 6) is 0.0233. The fourth-order valence-electron chi connectivity index (χ4n) is 3.41. The third-order valence-electron chi connectivity index (χ3n) is 4.56. The van der Waals surface area contributed by atoms with Crippen molar-refractivity contribution in [2.24, 2.45) is 0 Å². The minimum absolute atomic E-state index is 0.0233. The summed E-state index contributed by atoms with van der Waals surface area (Å²) in [5.41, 5.74) is 0.553. The first-order chi connectivity index (χ1) is 11.2. The lowest BCUT2D eigenvalue weighted by Gasteiger charge is -2.41. The molecule has 0 bridgehead atoms. The SMILES string of the molecule is CCn1cc(CN2CCCC(C(=O)NC)(n3cccn3)C2)cn1. The zero-order valence-electron chi connectivity index (χ0n) is 13.8. The van der Waals surface area contributed by atoms with Crippen LogP contribution in [0, 0.1) is 0 Å². The van der Waals surface area contributed by atoms with Crippen molar-refractivity contribution in [3.05, 3.63) is 36.4 Å². The lowest BCUT2D eigenvalue weighted by Crippen LogP contribution is -2.57. The van der Waals surface area contributed by atoms with Crippen molar-refractivity contribution in [3.63, 3.8) is 0 Å². The lowest BCUT2D eigenvalue weighted by molar-refractivity contribution is -0.133.